The summed E-state index contributed by atoms with van der Waals surface area (Å²) in [6.07, 6.45) is 8.24. The van der Waals surface area contributed by atoms with Crippen molar-refractivity contribution in [2.24, 2.45) is 5.92 Å². The molecule has 2 bridgehead atoms. The molecule has 1 N–H and O–H groups in total. The minimum absolute atomic E-state index is 0.148. The number of hydrogen-bond acceptors (Lipinski definition) is 3. The molecule has 2 atom stereocenters. The molecule has 2 aromatic carbocycles. The van der Waals surface area contributed by atoms with Crippen LogP contribution in [0, 0.1) is 5.92 Å². The quantitative estimate of drug-likeness (QED) is 0.601. The SMILES string of the molecule is CN(CC1CCCCC1)C(=O)N1C2=CC[C@H]1CN(C(=O)N(c1ccccc1)c1ccccc1)[C@@H]2C(=O)O. The fourth-order valence-electron chi connectivity index (χ4n) is 5.95. The van der Waals surface area contributed by atoms with Gasteiger partial charge in [-0.2, -0.15) is 0 Å². The second-order valence-corrected chi connectivity index (χ2v) is 10.2. The van der Waals surface area contributed by atoms with Crippen LogP contribution in [0.2, 0.25) is 0 Å². The number of urea groups is 2. The molecule has 4 amide bonds. The Morgan fingerprint density at radius 1 is 0.892 bits per heavy atom. The topological polar surface area (TPSA) is 84.4 Å². The summed E-state index contributed by atoms with van der Waals surface area (Å²) in [7, 11) is 1.80. The monoisotopic (exact) mass is 502 g/mol. The summed E-state index contributed by atoms with van der Waals surface area (Å²) in [6, 6.07) is 16.3. The second-order valence-electron chi connectivity index (χ2n) is 10.2. The molecule has 2 aliphatic heterocycles. The Morgan fingerprint density at radius 3 is 2.05 bits per heavy atom. The number of carboxylic acid groups (broad SMARTS) is 1. The summed E-state index contributed by atoms with van der Waals surface area (Å²) in [6.45, 7) is 0.820. The predicted molar refractivity (Wildman–Crippen MR) is 141 cm³/mol. The highest BCUT2D eigenvalue weighted by molar-refractivity contribution is 6.02. The van der Waals surface area contributed by atoms with Gasteiger partial charge in [0.1, 0.15) is 0 Å². The third-order valence-electron chi connectivity index (χ3n) is 7.73. The molecule has 194 valence electrons. The lowest BCUT2D eigenvalue weighted by Crippen LogP contribution is -2.63. The Hall–Kier alpha value is -3.81. The standard InChI is InChI=1S/C29H34N4O4/c1-30(19-21-11-5-2-6-12-21)28(36)33-24-17-18-25(33)26(27(34)35)31(20-24)29(37)32(22-13-7-3-8-14-22)23-15-9-4-10-16-23/h3-4,7-10,13-16,18,21,24,26H,2,5-6,11-12,17,19-20H2,1H3,(H,34,35)/t24-,26-/m0/s1. The highest BCUT2D eigenvalue weighted by Gasteiger charge is 2.50. The molecule has 0 aromatic heterocycles. The average molecular weight is 503 g/mol. The van der Waals surface area contributed by atoms with Crippen molar-refractivity contribution < 1.29 is 19.5 Å². The molecule has 1 saturated heterocycles. The van der Waals surface area contributed by atoms with Gasteiger partial charge in [-0.15, -0.1) is 0 Å². The number of benzene rings is 2. The van der Waals surface area contributed by atoms with Gasteiger partial charge < -0.3 is 14.9 Å². The summed E-state index contributed by atoms with van der Waals surface area (Å²) in [5.74, 6) is -0.661. The van der Waals surface area contributed by atoms with Gasteiger partial charge in [-0.3, -0.25) is 9.80 Å². The van der Waals surface area contributed by atoms with Crippen LogP contribution in [0.25, 0.3) is 0 Å². The van der Waals surface area contributed by atoms with Crippen LogP contribution in [0.15, 0.2) is 72.4 Å². The number of amides is 4. The number of para-hydroxylation sites is 2. The van der Waals surface area contributed by atoms with E-state index >= 15 is 0 Å². The van der Waals surface area contributed by atoms with Crippen LogP contribution in [0.5, 0.6) is 0 Å². The van der Waals surface area contributed by atoms with Gasteiger partial charge in [0, 0.05) is 20.1 Å². The van der Waals surface area contributed by atoms with Gasteiger partial charge in [-0.25, -0.2) is 14.4 Å². The van der Waals surface area contributed by atoms with Crippen LogP contribution in [0.3, 0.4) is 0 Å². The normalized spacial score (nSPS) is 21.4. The molecule has 2 heterocycles. The first-order chi connectivity index (χ1) is 18.0. The van der Waals surface area contributed by atoms with E-state index in [-0.39, 0.29) is 18.6 Å². The van der Waals surface area contributed by atoms with Gasteiger partial charge >= 0.3 is 18.0 Å². The van der Waals surface area contributed by atoms with Gasteiger partial charge in [0.2, 0.25) is 0 Å². The van der Waals surface area contributed by atoms with E-state index in [1.54, 1.807) is 21.7 Å². The molecule has 3 aliphatic rings. The zero-order valence-corrected chi connectivity index (χ0v) is 21.2. The van der Waals surface area contributed by atoms with E-state index in [1.807, 2.05) is 66.7 Å². The summed E-state index contributed by atoms with van der Waals surface area (Å²) in [4.78, 5) is 46.5. The molecule has 0 spiro atoms. The number of hydrogen-bond donors (Lipinski definition) is 1. The third-order valence-corrected chi connectivity index (χ3v) is 7.73. The predicted octanol–water partition coefficient (Wildman–Crippen LogP) is 5.30. The van der Waals surface area contributed by atoms with Crippen molar-refractivity contribution in [2.75, 3.05) is 25.0 Å². The molecule has 1 aliphatic carbocycles. The van der Waals surface area contributed by atoms with E-state index in [0.29, 0.717) is 36.0 Å². The number of anilines is 2. The Balaban J connectivity index is 1.41. The Morgan fingerprint density at radius 2 is 1.49 bits per heavy atom. The summed E-state index contributed by atoms with van der Waals surface area (Å²) in [5, 5.41) is 10.3. The zero-order valence-electron chi connectivity index (χ0n) is 21.2. The van der Waals surface area contributed by atoms with Crippen LogP contribution < -0.4 is 4.90 Å². The van der Waals surface area contributed by atoms with Crippen LogP contribution in [0.4, 0.5) is 21.0 Å². The van der Waals surface area contributed by atoms with Crippen LogP contribution in [-0.4, -0.2) is 70.1 Å². The molecule has 2 fully saturated rings. The molecule has 37 heavy (non-hydrogen) atoms. The van der Waals surface area contributed by atoms with Gasteiger partial charge in [0.05, 0.1) is 23.1 Å². The minimum Gasteiger partial charge on any atom is -0.479 e. The van der Waals surface area contributed by atoms with Crippen molar-refractivity contribution in [3.63, 3.8) is 0 Å². The van der Waals surface area contributed by atoms with Crippen molar-refractivity contribution in [1.29, 1.82) is 0 Å². The van der Waals surface area contributed by atoms with Crippen LogP contribution >= 0.6 is 0 Å². The Kier molecular flexibility index (Phi) is 7.17. The first kappa shape index (κ1) is 24.9. The first-order valence-electron chi connectivity index (χ1n) is 13.1. The zero-order chi connectivity index (χ0) is 25.9. The molecular weight excluding hydrogens is 468 g/mol. The maximum absolute atomic E-state index is 14.1. The first-order valence-corrected chi connectivity index (χ1v) is 13.1. The van der Waals surface area contributed by atoms with E-state index in [9.17, 15) is 19.5 Å². The number of aliphatic carboxylic acids is 1. The number of nitrogens with zero attached hydrogens (tertiary/aromatic N) is 4. The average Bonchev–Trinajstić information content (AvgIpc) is 3.22. The lowest BCUT2D eigenvalue weighted by Gasteiger charge is -2.45. The summed E-state index contributed by atoms with van der Waals surface area (Å²) >= 11 is 0. The maximum atomic E-state index is 14.1. The molecule has 2 aromatic rings. The third kappa shape index (κ3) is 4.92. The second kappa shape index (κ2) is 10.7. The van der Waals surface area contributed by atoms with E-state index in [2.05, 4.69) is 0 Å². The maximum Gasteiger partial charge on any atom is 0.332 e. The number of rotatable bonds is 5. The van der Waals surface area contributed by atoms with Gasteiger partial charge in [0.15, 0.2) is 6.04 Å². The van der Waals surface area contributed by atoms with Crippen molar-refractivity contribution in [3.05, 3.63) is 72.4 Å². The van der Waals surface area contributed by atoms with E-state index in [1.165, 1.54) is 24.2 Å². The van der Waals surface area contributed by atoms with E-state index in [4.69, 9.17) is 0 Å². The largest absolute Gasteiger partial charge is 0.479 e. The number of carbonyl (C=O) groups is 3. The highest BCUT2D eigenvalue weighted by atomic mass is 16.4. The molecule has 5 rings (SSSR count). The smallest absolute Gasteiger partial charge is 0.332 e. The molecule has 0 radical (unpaired) electrons. The number of carboxylic acids is 1. The molecule has 1 saturated carbocycles. The lowest BCUT2D eigenvalue weighted by molar-refractivity contribution is -0.142. The van der Waals surface area contributed by atoms with Gasteiger partial charge in [0.25, 0.3) is 0 Å². The van der Waals surface area contributed by atoms with E-state index in [0.717, 1.165) is 12.8 Å². The lowest BCUT2D eigenvalue weighted by atomic mass is 9.89. The fourth-order valence-corrected chi connectivity index (χ4v) is 5.95. The number of carbonyl (C=O) groups excluding carboxylic acids is 2. The van der Waals surface area contributed by atoms with Crippen molar-refractivity contribution in [1.82, 2.24) is 14.7 Å². The Bertz CT molecular complexity index is 1120. The molecule has 8 heteroatoms. The molecular formula is C29H34N4O4. The molecule has 0 unspecified atom stereocenters. The highest BCUT2D eigenvalue weighted by Crippen LogP contribution is 2.37. The van der Waals surface area contributed by atoms with E-state index < -0.39 is 18.0 Å². The van der Waals surface area contributed by atoms with Crippen molar-refractivity contribution in [2.45, 2.75) is 50.6 Å². The number of piperazine rings is 1. The van der Waals surface area contributed by atoms with Crippen LogP contribution in [-0.2, 0) is 4.79 Å². The van der Waals surface area contributed by atoms with Crippen molar-refractivity contribution >= 4 is 29.4 Å². The van der Waals surface area contributed by atoms with Gasteiger partial charge in [-0.1, -0.05) is 61.7 Å². The molecule has 8 nitrogen and oxygen atoms in total. The van der Waals surface area contributed by atoms with Gasteiger partial charge in [-0.05, 0) is 49.4 Å². The fraction of sp³-hybridized carbons (Fsp3) is 0.414. The number of fused-ring (bicyclic) bond motifs is 2. The summed E-state index contributed by atoms with van der Waals surface area (Å²) < 4.78 is 0. The minimum atomic E-state index is -1.24. The van der Waals surface area contributed by atoms with Crippen molar-refractivity contribution in [3.8, 4) is 0 Å². The summed E-state index contributed by atoms with van der Waals surface area (Å²) in [5.41, 5.74) is 1.68. The van der Waals surface area contributed by atoms with Crippen LogP contribution in [0.1, 0.15) is 38.5 Å². The Labute approximate surface area is 217 Å².